The molecule has 0 unspecified atom stereocenters. The number of halogens is 10. The van der Waals surface area contributed by atoms with E-state index in [0.29, 0.717) is 0 Å². The standard InChI is InChI=1S/C18H12F9I/c19-15(20,16(21,22)17(23,24)18(25,26)27)11-14(28,12-7-3-1-4-8-12)13-9-5-2-6-10-13/h1-10H,11H2. The van der Waals surface area contributed by atoms with Crippen molar-refractivity contribution in [3.63, 3.8) is 0 Å². The summed E-state index contributed by atoms with van der Waals surface area (Å²) in [6.07, 6.45) is -8.82. The van der Waals surface area contributed by atoms with Gasteiger partial charge in [-0.05, 0) is 11.1 Å². The predicted octanol–water partition coefficient (Wildman–Crippen LogP) is 7.22. The zero-order valence-corrected chi connectivity index (χ0v) is 15.9. The number of hydrogen-bond acceptors (Lipinski definition) is 0. The Bertz CT molecular complexity index is 746. The minimum absolute atomic E-state index is 0.0487. The number of rotatable bonds is 6. The van der Waals surface area contributed by atoms with Gasteiger partial charge in [-0.3, -0.25) is 0 Å². The largest absolute Gasteiger partial charge is 0.460 e. The van der Waals surface area contributed by atoms with Gasteiger partial charge in [-0.1, -0.05) is 83.3 Å². The van der Waals surface area contributed by atoms with Gasteiger partial charge in [0.2, 0.25) is 0 Å². The van der Waals surface area contributed by atoms with Gasteiger partial charge in [-0.15, -0.1) is 0 Å². The lowest BCUT2D eigenvalue weighted by molar-refractivity contribution is -0.397. The van der Waals surface area contributed by atoms with Gasteiger partial charge >= 0.3 is 23.9 Å². The van der Waals surface area contributed by atoms with Crippen LogP contribution < -0.4 is 0 Å². The minimum atomic E-state index is -6.91. The predicted molar refractivity (Wildman–Crippen MR) is 93.2 cm³/mol. The monoisotopic (exact) mass is 526 g/mol. The minimum Gasteiger partial charge on any atom is -0.200 e. The van der Waals surface area contributed by atoms with Crippen molar-refractivity contribution >= 4 is 22.6 Å². The van der Waals surface area contributed by atoms with Gasteiger partial charge in [0.15, 0.2) is 0 Å². The Labute approximate surface area is 167 Å². The van der Waals surface area contributed by atoms with Crippen LogP contribution >= 0.6 is 22.6 Å². The Morgan fingerprint density at radius 3 is 1.25 bits per heavy atom. The molecule has 0 aliphatic heterocycles. The summed E-state index contributed by atoms with van der Waals surface area (Å²) in [5.74, 6) is -19.2. The maximum Gasteiger partial charge on any atom is 0.460 e. The lowest BCUT2D eigenvalue weighted by atomic mass is 9.83. The molecule has 0 bridgehead atoms. The maximum atomic E-state index is 14.4. The van der Waals surface area contributed by atoms with Crippen molar-refractivity contribution in [1.29, 1.82) is 0 Å². The van der Waals surface area contributed by atoms with Crippen LogP contribution in [0.5, 0.6) is 0 Å². The first-order chi connectivity index (χ1) is 12.7. The van der Waals surface area contributed by atoms with Crippen molar-refractivity contribution in [3.8, 4) is 0 Å². The Morgan fingerprint density at radius 2 is 0.929 bits per heavy atom. The van der Waals surface area contributed by atoms with Crippen LogP contribution in [0.4, 0.5) is 39.5 Å². The van der Waals surface area contributed by atoms with Gasteiger partial charge in [0, 0.05) is 6.42 Å². The molecule has 0 radical (unpaired) electrons. The third-order valence-electron chi connectivity index (χ3n) is 4.14. The van der Waals surface area contributed by atoms with Crippen LogP contribution in [0, 0.1) is 0 Å². The van der Waals surface area contributed by atoms with E-state index in [2.05, 4.69) is 0 Å². The molecule has 0 fully saturated rings. The van der Waals surface area contributed by atoms with Crippen LogP contribution in [0.1, 0.15) is 17.5 Å². The summed E-state index contributed by atoms with van der Waals surface area (Å²) in [6, 6.07) is 13.9. The SMILES string of the molecule is FC(F)(F)C(F)(F)C(F)(F)C(F)(F)CC(I)(c1ccccc1)c1ccccc1. The van der Waals surface area contributed by atoms with Gasteiger partial charge in [0.1, 0.15) is 0 Å². The summed E-state index contributed by atoms with van der Waals surface area (Å²) >= 11 is 1.38. The van der Waals surface area contributed by atoms with E-state index in [-0.39, 0.29) is 11.1 Å². The van der Waals surface area contributed by atoms with Crippen LogP contribution in [-0.4, -0.2) is 23.9 Å². The van der Waals surface area contributed by atoms with Crippen molar-refractivity contribution in [3.05, 3.63) is 71.8 Å². The van der Waals surface area contributed by atoms with Crippen LogP contribution in [0.3, 0.4) is 0 Å². The summed E-state index contributed by atoms with van der Waals surface area (Å²) in [7, 11) is 0. The van der Waals surface area contributed by atoms with Crippen LogP contribution in [-0.2, 0) is 3.42 Å². The fraction of sp³-hybridized carbons (Fsp3) is 0.333. The summed E-state index contributed by atoms with van der Waals surface area (Å²) < 4.78 is 118. The van der Waals surface area contributed by atoms with E-state index in [4.69, 9.17) is 0 Å². The highest BCUT2D eigenvalue weighted by molar-refractivity contribution is 14.1. The molecule has 28 heavy (non-hydrogen) atoms. The van der Waals surface area contributed by atoms with E-state index >= 15 is 0 Å². The Hall–Kier alpha value is -1.46. The van der Waals surface area contributed by atoms with E-state index in [1.807, 2.05) is 0 Å². The highest BCUT2D eigenvalue weighted by Crippen LogP contribution is 2.58. The molecule has 2 rings (SSSR count). The first kappa shape index (κ1) is 22.8. The smallest absolute Gasteiger partial charge is 0.200 e. The fourth-order valence-corrected chi connectivity index (χ4v) is 3.80. The highest BCUT2D eigenvalue weighted by atomic mass is 127. The Morgan fingerprint density at radius 1 is 0.571 bits per heavy atom. The summed E-state index contributed by atoms with van der Waals surface area (Å²) in [5.41, 5.74) is 0.0974. The van der Waals surface area contributed by atoms with Gasteiger partial charge in [0.25, 0.3) is 0 Å². The van der Waals surface area contributed by atoms with E-state index in [1.54, 1.807) is 0 Å². The van der Waals surface area contributed by atoms with E-state index in [1.165, 1.54) is 83.3 Å². The zero-order valence-electron chi connectivity index (χ0n) is 13.8. The molecular weight excluding hydrogens is 514 g/mol. The molecular formula is C18H12F9I. The van der Waals surface area contributed by atoms with Crippen molar-refractivity contribution in [1.82, 2.24) is 0 Å². The summed E-state index contributed by atoms with van der Waals surface area (Å²) in [4.78, 5) is 0. The molecule has 0 aromatic heterocycles. The number of benzene rings is 2. The van der Waals surface area contributed by atoms with Gasteiger partial charge < -0.3 is 0 Å². The maximum absolute atomic E-state index is 14.4. The number of alkyl halides is 10. The lowest BCUT2D eigenvalue weighted by Crippen LogP contribution is -2.61. The first-order valence-electron chi connectivity index (χ1n) is 7.67. The van der Waals surface area contributed by atoms with Crippen LogP contribution in [0.25, 0.3) is 0 Å². The third kappa shape index (κ3) is 3.84. The molecule has 0 nitrogen and oxygen atoms in total. The van der Waals surface area contributed by atoms with Crippen molar-refractivity contribution in [2.45, 2.75) is 33.8 Å². The van der Waals surface area contributed by atoms with Gasteiger partial charge in [0.05, 0.1) is 3.42 Å². The highest BCUT2D eigenvalue weighted by Gasteiger charge is 2.82. The molecule has 0 saturated carbocycles. The van der Waals surface area contributed by atoms with Crippen LogP contribution in [0.2, 0.25) is 0 Å². The molecule has 2 aromatic carbocycles. The van der Waals surface area contributed by atoms with Gasteiger partial charge in [-0.2, -0.15) is 39.5 Å². The van der Waals surface area contributed by atoms with Crippen molar-refractivity contribution < 1.29 is 39.5 Å². The molecule has 154 valence electrons. The molecule has 2 aromatic rings. The van der Waals surface area contributed by atoms with Crippen LogP contribution in [0.15, 0.2) is 60.7 Å². The molecule has 0 saturated heterocycles. The third-order valence-corrected chi connectivity index (χ3v) is 5.77. The fourth-order valence-electron chi connectivity index (χ4n) is 2.60. The van der Waals surface area contributed by atoms with Crippen molar-refractivity contribution in [2.24, 2.45) is 0 Å². The zero-order chi connectivity index (χ0) is 21.4. The van der Waals surface area contributed by atoms with E-state index in [9.17, 15) is 39.5 Å². The molecule has 0 aliphatic rings. The molecule has 0 spiro atoms. The van der Waals surface area contributed by atoms with Gasteiger partial charge in [-0.25, -0.2) is 0 Å². The molecule has 0 amide bonds. The Kier molecular flexibility index (Phi) is 6.05. The second kappa shape index (κ2) is 7.42. The summed E-state index contributed by atoms with van der Waals surface area (Å²) in [5, 5.41) is 0. The lowest BCUT2D eigenvalue weighted by Gasteiger charge is -2.38. The second-order valence-electron chi connectivity index (χ2n) is 6.06. The molecule has 0 aliphatic carbocycles. The molecule has 0 N–H and O–H groups in total. The average Bonchev–Trinajstić information content (AvgIpc) is 2.61. The molecule has 0 atom stereocenters. The topological polar surface area (TPSA) is 0 Å². The first-order valence-corrected chi connectivity index (χ1v) is 8.75. The Balaban J connectivity index is 2.58. The normalized spacial score (nSPS) is 14.2. The van der Waals surface area contributed by atoms with E-state index < -0.39 is 33.8 Å². The van der Waals surface area contributed by atoms with E-state index in [0.717, 1.165) is 0 Å². The number of hydrogen-bond donors (Lipinski definition) is 0. The average molecular weight is 526 g/mol. The molecule has 10 heteroatoms. The molecule has 0 heterocycles. The quantitative estimate of drug-likeness (QED) is 0.212. The second-order valence-corrected chi connectivity index (χ2v) is 7.90. The summed E-state index contributed by atoms with van der Waals surface area (Å²) in [6.45, 7) is 0. The van der Waals surface area contributed by atoms with Crippen molar-refractivity contribution in [2.75, 3.05) is 0 Å².